The van der Waals surface area contributed by atoms with Gasteiger partial charge in [-0.2, -0.15) is 0 Å². The average Bonchev–Trinajstić information content (AvgIpc) is 3.21. The van der Waals surface area contributed by atoms with E-state index in [4.69, 9.17) is 20.4 Å². The molecule has 0 bridgehead atoms. The van der Waals surface area contributed by atoms with Gasteiger partial charge < -0.3 is 19.7 Å². The number of carbonyl (C=O) groups excluding carboxylic acids is 2. The fraction of sp³-hybridized carbons (Fsp3) is 0.760. The number of aliphatic hydroxyl groups is 2. The number of rotatable bonds is 4. The minimum atomic E-state index is -3.34. The first-order valence-corrected chi connectivity index (χ1v) is 11.0. The van der Waals surface area contributed by atoms with E-state index in [0.717, 1.165) is 0 Å². The van der Waals surface area contributed by atoms with Gasteiger partial charge in [-0.25, -0.2) is 0 Å². The number of hydrogen-bond acceptors (Lipinski definition) is 6. The highest BCUT2D eigenvalue weighted by Gasteiger charge is 2.75. The second-order valence-electron chi connectivity index (χ2n) is 9.89. The van der Waals surface area contributed by atoms with E-state index in [1.807, 2.05) is 0 Å². The molecule has 31 heavy (non-hydrogen) atoms. The van der Waals surface area contributed by atoms with Crippen molar-refractivity contribution in [1.82, 2.24) is 0 Å². The summed E-state index contributed by atoms with van der Waals surface area (Å²) in [5.41, 5.74) is -5.44. The van der Waals surface area contributed by atoms with E-state index >= 15 is 0 Å². The second-order valence-corrected chi connectivity index (χ2v) is 9.89. The first-order chi connectivity index (χ1) is 17.7. The first kappa shape index (κ1) is 14.0. The molecule has 6 nitrogen and oxygen atoms in total. The summed E-state index contributed by atoms with van der Waals surface area (Å²) in [4.78, 5) is 26.2. The Hall–Kier alpha value is -1.34. The summed E-state index contributed by atoms with van der Waals surface area (Å²) < 4.78 is 79.6. The summed E-state index contributed by atoms with van der Waals surface area (Å²) in [7, 11) is 0. The van der Waals surface area contributed by atoms with Crippen LogP contribution >= 0.6 is 0 Å². The van der Waals surface area contributed by atoms with Gasteiger partial charge in [0, 0.05) is 19.5 Å². The number of Topliss-reactive ketones (excluding diaryl/α,β-unsaturated/α-hetero) is 1. The van der Waals surface area contributed by atoms with Gasteiger partial charge in [0.15, 0.2) is 23.4 Å². The molecule has 0 amide bonds. The number of fused-ring (bicyclic) bond motifs is 7. The molecule has 0 spiro atoms. The van der Waals surface area contributed by atoms with E-state index in [9.17, 15) is 19.8 Å². The van der Waals surface area contributed by atoms with Gasteiger partial charge in [-0.15, -0.1) is 0 Å². The molecular weight excluding hydrogens is 396 g/mol. The quantitative estimate of drug-likeness (QED) is 0.701. The Morgan fingerprint density at radius 2 is 2.26 bits per heavy atom. The van der Waals surface area contributed by atoms with Crippen molar-refractivity contribution in [2.24, 2.45) is 28.6 Å². The molecule has 0 aromatic carbocycles. The van der Waals surface area contributed by atoms with Crippen molar-refractivity contribution in [1.29, 1.82) is 0 Å². The van der Waals surface area contributed by atoms with Crippen LogP contribution in [0.2, 0.25) is 0 Å². The van der Waals surface area contributed by atoms with Gasteiger partial charge >= 0.3 is 0 Å². The van der Waals surface area contributed by atoms with Gasteiger partial charge in [-0.3, -0.25) is 9.59 Å². The van der Waals surface area contributed by atoms with Crippen molar-refractivity contribution in [3.63, 3.8) is 0 Å². The van der Waals surface area contributed by atoms with Crippen molar-refractivity contribution >= 4 is 11.6 Å². The highest BCUT2D eigenvalue weighted by atomic mass is 16.7. The van der Waals surface area contributed by atoms with E-state index in [-0.39, 0.29) is 31.3 Å². The number of carbonyl (C=O) groups is 2. The zero-order valence-corrected chi connectivity index (χ0v) is 17.9. The molecule has 3 saturated carbocycles. The van der Waals surface area contributed by atoms with Gasteiger partial charge in [-0.1, -0.05) is 38.8 Å². The average molecular weight is 439 g/mol. The summed E-state index contributed by atoms with van der Waals surface area (Å²) in [6, 6.07) is -1.89. The third-order valence-corrected chi connectivity index (χ3v) is 8.43. The zero-order chi connectivity index (χ0) is 29.3. The summed E-state index contributed by atoms with van der Waals surface area (Å²) in [5.74, 6) is -4.66. The van der Waals surface area contributed by atoms with Crippen molar-refractivity contribution in [2.45, 2.75) is 83.3 Å². The molecule has 1 unspecified atom stereocenters. The SMILES string of the molecule is [2H]C1=C([2H])[C@@]2(C)C(=C([2H])C1=O)C([2H])([2H])C[C@@H]1[C@@H]2[C@@H](O)C[C@@]2(C)[C@H]1C[C@H]1OC([2H])(CCC)O[C@]12C(=O)C([2H])([2H])O. The van der Waals surface area contributed by atoms with Gasteiger partial charge in [0.25, 0.3) is 0 Å². The molecule has 9 atom stereocenters. The van der Waals surface area contributed by atoms with Crippen LogP contribution in [0.25, 0.3) is 0 Å². The predicted octanol–water partition coefficient (Wildman–Crippen LogP) is 2.72. The van der Waals surface area contributed by atoms with Crippen LogP contribution in [0.3, 0.4) is 0 Å². The lowest BCUT2D eigenvalue weighted by Crippen LogP contribution is -2.63. The Labute approximate surface area is 194 Å². The molecule has 4 fully saturated rings. The Bertz CT molecular complexity index is 1210. The number of aliphatic hydroxyl groups excluding tert-OH is 1. The van der Waals surface area contributed by atoms with E-state index in [1.165, 1.54) is 6.92 Å². The molecule has 1 saturated heterocycles. The van der Waals surface area contributed by atoms with E-state index in [2.05, 4.69) is 0 Å². The lowest BCUT2D eigenvalue weighted by atomic mass is 9.46. The first-order valence-electron chi connectivity index (χ1n) is 15.0. The van der Waals surface area contributed by atoms with Gasteiger partial charge in [0.05, 0.1) is 20.4 Å². The summed E-state index contributed by atoms with van der Waals surface area (Å²) in [5, 5.41) is 22.0. The van der Waals surface area contributed by atoms with Crippen LogP contribution in [-0.4, -0.2) is 52.4 Å². The molecule has 2 N–H and O–H groups in total. The van der Waals surface area contributed by atoms with Gasteiger partial charge in [0.2, 0.25) is 0 Å². The fourth-order valence-corrected chi connectivity index (χ4v) is 7.18. The molecule has 6 heteroatoms. The third-order valence-electron chi connectivity index (χ3n) is 8.43. The molecule has 5 aliphatic rings. The van der Waals surface area contributed by atoms with Crippen LogP contribution in [0.4, 0.5) is 0 Å². The van der Waals surface area contributed by atoms with Crippen LogP contribution in [0, 0.1) is 28.6 Å². The standard InChI is InChI=1S/C25H34O6/c1-4-5-21-30-20-11-17-16-7-6-14-10-15(27)8-9-23(14,2)22(16)18(28)12-24(17,3)25(20,31-21)19(29)13-26/h8-10,16-18,20-22,26,28H,4-7,11-13H2,1-3H3/t16-,17-,18-,20+,21?,22+,23-,24-,25+/m0/s1/i6D2,8D,9D,10D,13D2,21D. The normalized spacial score (nSPS) is 59.5. The molecule has 170 valence electrons. The molecule has 1 heterocycles. The summed E-state index contributed by atoms with van der Waals surface area (Å²) >= 11 is 0. The van der Waals surface area contributed by atoms with Gasteiger partial charge in [0.1, 0.15) is 6.56 Å². The maximum atomic E-state index is 13.7. The number of ketones is 2. The Balaban J connectivity index is 1.69. The number of hydrogen-bond donors (Lipinski definition) is 2. The third kappa shape index (κ3) is 2.65. The Kier molecular flexibility index (Phi) is 3.20. The molecule has 0 radical (unpaired) electrons. The van der Waals surface area contributed by atoms with Crippen LogP contribution in [0.5, 0.6) is 0 Å². The summed E-state index contributed by atoms with van der Waals surface area (Å²) in [6.45, 7) is 1.53. The molecule has 0 aromatic heterocycles. The molecule has 1 aliphatic heterocycles. The van der Waals surface area contributed by atoms with Gasteiger partial charge in [-0.05, 0) is 56.0 Å². The fourth-order valence-electron chi connectivity index (χ4n) is 7.18. The predicted molar refractivity (Wildman–Crippen MR) is 113 cm³/mol. The Morgan fingerprint density at radius 3 is 2.97 bits per heavy atom. The highest BCUT2D eigenvalue weighted by Crippen LogP contribution is 2.69. The van der Waals surface area contributed by atoms with E-state index < -0.39 is 95.3 Å². The monoisotopic (exact) mass is 438 g/mol. The minimum Gasteiger partial charge on any atom is -0.393 e. The van der Waals surface area contributed by atoms with E-state index in [1.54, 1.807) is 13.8 Å². The Morgan fingerprint density at radius 1 is 1.48 bits per heavy atom. The molecule has 0 aromatic rings. The highest BCUT2D eigenvalue weighted by molar-refractivity contribution is 6.01. The van der Waals surface area contributed by atoms with E-state index in [0.29, 0.717) is 6.42 Å². The maximum Gasteiger partial charge on any atom is 0.193 e. The van der Waals surface area contributed by atoms with Crippen molar-refractivity contribution in [3.05, 3.63) is 23.7 Å². The number of allylic oxidation sites excluding steroid dienone is 4. The van der Waals surface area contributed by atoms with Crippen molar-refractivity contribution < 1.29 is 40.2 Å². The van der Waals surface area contributed by atoms with Crippen molar-refractivity contribution in [3.8, 4) is 0 Å². The molecule has 5 rings (SSSR count). The minimum absolute atomic E-state index is 0.0409. The summed E-state index contributed by atoms with van der Waals surface area (Å²) in [6.07, 6.45) is -6.66. The smallest absolute Gasteiger partial charge is 0.193 e. The lowest BCUT2D eigenvalue weighted by Gasteiger charge is -2.59. The zero-order valence-electron chi connectivity index (χ0n) is 25.9. The maximum absolute atomic E-state index is 13.7. The van der Waals surface area contributed by atoms with Crippen LogP contribution in [-0.2, 0) is 19.1 Å². The van der Waals surface area contributed by atoms with Crippen LogP contribution in [0.1, 0.15) is 70.2 Å². The molecular formula is C25H34O6. The van der Waals surface area contributed by atoms with Crippen LogP contribution < -0.4 is 0 Å². The topological polar surface area (TPSA) is 93.1 Å². The lowest BCUT2D eigenvalue weighted by molar-refractivity contribution is -0.200. The number of ether oxygens (including phenoxy) is 2. The largest absolute Gasteiger partial charge is 0.393 e. The second kappa shape index (κ2) is 7.08. The van der Waals surface area contributed by atoms with Crippen molar-refractivity contribution in [2.75, 3.05) is 6.56 Å². The van der Waals surface area contributed by atoms with Crippen LogP contribution in [0.15, 0.2) is 23.7 Å². The molecule has 4 aliphatic carbocycles.